The van der Waals surface area contributed by atoms with Gasteiger partial charge in [-0.25, -0.2) is 9.97 Å². The third kappa shape index (κ3) is 4.17. The van der Waals surface area contributed by atoms with Crippen LogP contribution in [0.5, 0.6) is 5.75 Å². The number of nitrogens with zero attached hydrogens (tertiary/aromatic N) is 6. The number of anilines is 1. The van der Waals surface area contributed by atoms with Gasteiger partial charge < -0.3 is 14.5 Å². The van der Waals surface area contributed by atoms with E-state index >= 15 is 0 Å². The second-order valence-corrected chi connectivity index (χ2v) is 8.38. The molecule has 1 amide bonds. The van der Waals surface area contributed by atoms with E-state index in [-0.39, 0.29) is 18.6 Å². The molecule has 0 aliphatic carbocycles. The number of benzene rings is 1. The normalized spacial score (nSPS) is 18.3. The molecule has 0 radical (unpaired) electrons. The summed E-state index contributed by atoms with van der Waals surface area (Å²) in [6.45, 7) is 2.72. The van der Waals surface area contributed by atoms with Gasteiger partial charge in [0.2, 0.25) is 5.95 Å². The number of likely N-dealkylation sites (tertiary alicyclic amines) is 1. The molecule has 2 aliphatic heterocycles. The molecule has 1 aromatic carbocycles. The Bertz CT molecular complexity index is 1080. The molecule has 1 unspecified atom stereocenters. The van der Waals surface area contributed by atoms with Crippen LogP contribution in [0.25, 0.3) is 11.3 Å². The molecule has 5 rings (SSSR count). The van der Waals surface area contributed by atoms with Gasteiger partial charge in [0, 0.05) is 44.6 Å². The van der Waals surface area contributed by atoms with Gasteiger partial charge in [0.1, 0.15) is 5.75 Å². The summed E-state index contributed by atoms with van der Waals surface area (Å²) < 4.78 is 7.52. The molecule has 166 valence electrons. The first kappa shape index (κ1) is 20.5. The maximum atomic E-state index is 13.0. The van der Waals surface area contributed by atoms with Crippen molar-refractivity contribution in [2.45, 2.75) is 31.7 Å². The number of hydrogen-bond donors (Lipinski definition) is 0. The summed E-state index contributed by atoms with van der Waals surface area (Å²) in [6.07, 6.45) is 7.99. The van der Waals surface area contributed by atoms with Gasteiger partial charge >= 0.3 is 0 Å². The molecule has 2 aromatic heterocycles. The molecule has 2 saturated heterocycles. The molecule has 8 heteroatoms. The summed E-state index contributed by atoms with van der Waals surface area (Å²) in [5, 5.41) is 4.76. The molecular weight excluding hydrogens is 404 g/mol. The van der Waals surface area contributed by atoms with Crippen molar-refractivity contribution in [1.29, 1.82) is 0 Å². The highest BCUT2D eigenvalue weighted by Crippen LogP contribution is 2.36. The van der Waals surface area contributed by atoms with E-state index < -0.39 is 0 Å². The van der Waals surface area contributed by atoms with Gasteiger partial charge in [0.15, 0.2) is 6.61 Å². The van der Waals surface area contributed by atoms with Gasteiger partial charge in [0.25, 0.3) is 5.91 Å². The molecule has 0 bridgehead atoms. The minimum atomic E-state index is -0.0803. The topological polar surface area (TPSA) is 76.4 Å². The van der Waals surface area contributed by atoms with Crippen LogP contribution in [0.15, 0.2) is 48.8 Å². The Labute approximate surface area is 187 Å². The van der Waals surface area contributed by atoms with E-state index in [0.29, 0.717) is 12.3 Å². The van der Waals surface area contributed by atoms with Crippen LogP contribution in [-0.4, -0.2) is 56.8 Å². The van der Waals surface area contributed by atoms with E-state index in [0.717, 1.165) is 48.8 Å². The predicted molar refractivity (Wildman–Crippen MR) is 121 cm³/mol. The van der Waals surface area contributed by atoms with E-state index in [1.165, 1.54) is 12.8 Å². The lowest BCUT2D eigenvalue weighted by Crippen LogP contribution is -2.34. The van der Waals surface area contributed by atoms with Crippen molar-refractivity contribution in [2.75, 3.05) is 31.1 Å². The lowest BCUT2D eigenvalue weighted by atomic mass is 10.0. The Morgan fingerprint density at radius 2 is 1.91 bits per heavy atom. The molecule has 0 N–H and O–H groups in total. The zero-order valence-electron chi connectivity index (χ0n) is 18.4. The van der Waals surface area contributed by atoms with E-state index in [9.17, 15) is 4.79 Å². The molecule has 32 heavy (non-hydrogen) atoms. The van der Waals surface area contributed by atoms with E-state index in [4.69, 9.17) is 14.8 Å². The Balaban J connectivity index is 1.38. The second-order valence-electron chi connectivity index (χ2n) is 8.38. The van der Waals surface area contributed by atoms with Crippen LogP contribution in [0.4, 0.5) is 5.95 Å². The number of carbonyl (C=O) groups is 1. The number of amides is 1. The first-order valence-electron chi connectivity index (χ1n) is 11.3. The summed E-state index contributed by atoms with van der Waals surface area (Å²) >= 11 is 0. The molecule has 2 fully saturated rings. The summed E-state index contributed by atoms with van der Waals surface area (Å²) in [5.74, 6) is 1.45. The van der Waals surface area contributed by atoms with Gasteiger partial charge in [-0.2, -0.15) is 5.10 Å². The molecule has 2 aliphatic rings. The minimum absolute atomic E-state index is 0.0200. The molecule has 4 heterocycles. The fourth-order valence-electron chi connectivity index (χ4n) is 4.61. The fraction of sp³-hybridized carbons (Fsp3) is 0.417. The van der Waals surface area contributed by atoms with Crippen molar-refractivity contribution in [2.24, 2.45) is 7.05 Å². The van der Waals surface area contributed by atoms with E-state index in [1.54, 1.807) is 0 Å². The van der Waals surface area contributed by atoms with Gasteiger partial charge in [-0.3, -0.25) is 9.48 Å². The molecular formula is C24H28N6O2. The molecule has 0 saturated carbocycles. The monoisotopic (exact) mass is 432 g/mol. The van der Waals surface area contributed by atoms with Crippen molar-refractivity contribution in [1.82, 2.24) is 24.6 Å². The highest BCUT2D eigenvalue weighted by molar-refractivity contribution is 5.79. The molecule has 8 nitrogen and oxygen atoms in total. The van der Waals surface area contributed by atoms with Crippen LogP contribution in [0, 0.1) is 0 Å². The number of aromatic nitrogens is 4. The quantitative estimate of drug-likeness (QED) is 0.595. The lowest BCUT2D eigenvalue weighted by molar-refractivity contribution is -0.134. The first-order valence-corrected chi connectivity index (χ1v) is 11.3. The average Bonchev–Trinajstić information content (AvgIpc) is 3.58. The third-order valence-corrected chi connectivity index (χ3v) is 6.16. The third-order valence-electron chi connectivity index (χ3n) is 6.16. The van der Waals surface area contributed by atoms with Crippen LogP contribution in [0.1, 0.15) is 37.4 Å². The number of carbonyl (C=O) groups excluding carboxylic acids is 1. The number of para-hydroxylation sites is 1. The van der Waals surface area contributed by atoms with E-state index in [2.05, 4.69) is 9.88 Å². The van der Waals surface area contributed by atoms with Crippen molar-refractivity contribution >= 4 is 11.9 Å². The lowest BCUT2D eigenvalue weighted by Gasteiger charge is -2.24. The van der Waals surface area contributed by atoms with Crippen LogP contribution < -0.4 is 9.64 Å². The van der Waals surface area contributed by atoms with Crippen molar-refractivity contribution < 1.29 is 9.53 Å². The smallest absolute Gasteiger partial charge is 0.261 e. The van der Waals surface area contributed by atoms with Gasteiger partial charge in [-0.05, 0) is 43.9 Å². The first-order chi connectivity index (χ1) is 15.7. The maximum absolute atomic E-state index is 13.0. The van der Waals surface area contributed by atoms with Crippen molar-refractivity contribution in [3.63, 3.8) is 0 Å². The number of aryl methyl sites for hydroxylation is 1. The Hall–Kier alpha value is -3.42. The fourth-order valence-corrected chi connectivity index (χ4v) is 4.61. The number of hydrogen-bond acceptors (Lipinski definition) is 6. The average molecular weight is 433 g/mol. The van der Waals surface area contributed by atoms with Crippen molar-refractivity contribution in [3.05, 3.63) is 54.5 Å². The Kier molecular flexibility index (Phi) is 5.75. The zero-order valence-corrected chi connectivity index (χ0v) is 18.4. The van der Waals surface area contributed by atoms with Crippen LogP contribution >= 0.6 is 0 Å². The van der Waals surface area contributed by atoms with E-state index in [1.807, 2.05) is 65.4 Å². The van der Waals surface area contributed by atoms with Crippen LogP contribution in [-0.2, 0) is 11.8 Å². The highest BCUT2D eigenvalue weighted by Gasteiger charge is 2.34. The molecule has 1 atom stereocenters. The number of ether oxygens (including phenoxy) is 1. The van der Waals surface area contributed by atoms with Crippen LogP contribution in [0.3, 0.4) is 0 Å². The molecule has 0 spiro atoms. The van der Waals surface area contributed by atoms with Gasteiger partial charge in [-0.15, -0.1) is 0 Å². The van der Waals surface area contributed by atoms with Gasteiger partial charge in [0.05, 0.1) is 17.4 Å². The number of rotatable bonds is 6. The second kappa shape index (κ2) is 8.98. The maximum Gasteiger partial charge on any atom is 0.261 e. The SMILES string of the molecule is Cn1cc(-c2ccnc(N3CCCC3)n2)c(C2CCCN2C(=O)COc2ccccc2)n1. The van der Waals surface area contributed by atoms with Gasteiger partial charge in [-0.1, -0.05) is 18.2 Å². The highest BCUT2D eigenvalue weighted by atomic mass is 16.5. The molecule has 3 aromatic rings. The minimum Gasteiger partial charge on any atom is -0.484 e. The largest absolute Gasteiger partial charge is 0.484 e. The zero-order chi connectivity index (χ0) is 21.9. The summed E-state index contributed by atoms with van der Waals surface area (Å²) in [5.41, 5.74) is 2.71. The Morgan fingerprint density at radius 1 is 1.09 bits per heavy atom. The Morgan fingerprint density at radius 3 is 2.72 bits per heavy atom. The predicted octanol–water partition coefficient (Wildman–Crippen LogP) is 3.22. The summed E-state index contributed by atoms with van der Waals surface area (Å²) in [6, 6.07) is 11.3. The summed E-state index contributed by atoms with van der Waals surface area (Å²) in [7, 11) is 1.91. The summed E-state index contributed by atoms with van der Waals surface area (Å²) in [4.78, 5) is 26.5. The standard InChI is InChI=1S/C24H28N6O2/c1-28-16-19(20-11-12-25-24(26-20)29-13-5-6-14-29)23(27-28)21-10-7-15-30(21)22(31)17-32-18-8-3-2-4-9-18/h2-4,8-9,11-12,16,21H,5-7,10,13-15,17H2,1H3. The van der Waals surface area contributed by atoms with Crippen molar-refractivity contribution in [3.8, 4) is 17.0 Å². The van der Waals surface area contributed by atoms with Crippen LogP contribution in [0.2, 0.25) is 0 Å².